The van der Waals surface area contributed by atoms with Crippen molar-refractivity contribution in [1.29, 1.82) is 0 Å². The Hall–Kier alpha value is -1.64. The molecule has 0 aliphatic carbocycles. The van der Waals surface area contributed by atoms with Gasteiger partial charge in [0.15, 0.2) is 5.96 Å². The number of nitrogens with zero attached hydrogens (tertiary/aromatic N) is 2. The van der Waals surface area contributed by atoms with Crippen LogP contribution in [0.25, 0.3) is 0 Å². The standard InChI is InChI=1S/C19H33N5O2S/c1-3-27(25,26)22-13-7-12-21-19(20-2)23-18-10-14-24(15-11-18)16-17-8-5-4-6-9-17/h4-6,8-9,18,22H,3,7,10-16H2,1-2H3,(H2,20,21,23). The molecule has 1 heterocycles. The highest BCUT2D eigenvalue weighted by atomic mass is 32.2. The van der Waals surface area contributed by atoms with Crippen LogP contribution in [-0.4, -0.2) is 64.3 Å². The Labute approximate surface area is 163 Å². The SMILES string of the molecule is CCS(=O)(=O)NCCCNC(=NC)NC1CCN(Cc2ccccc2)CC1. The summed E-state index contributed by atoms with van der Waals surface area (Å²) in [5.74, 6) is 0.905. The molecule has 8 heteroatoms. The molecule has 0 unspecified atom stereocenters. The largest absolute Gasteiger partial charge is 0.356 e. The van der Waals surface area contributed by atoms with Crippen LogP contribution in [0.5, 0.6) is 0 Å². The van der Waals surface area contributed by atoms with E-state index >= 15 is 0 Å². The second-order valence-electron chi connectivity index (χ2n) is 6.83. The fourth-order valence-corrected chi connectivity index (χ4v) is 3.75. The minimum Gasteiger partial charge on any atom is -0.356 e. The quantitative estimate of drug-likeness (QED) is 0.332. The lowest BCUT2D eigenvalue weighted by atomic mass is 10.0. The van der Waals surface area contributed by atoms with Crippen LogP contribution < -0.4 is 15.4 Å². The van der Waals surface area contributed by atoms with Crippen molar-refractivity contribution in [2.24, 2.45) is 4.99 Å². The summed E-state index contributed by atoms with van der Waals surface area (Å²) in [7, 11) is -1.34. The highest BCUT2D eigenvalue weighted by molar-refractivity contribution is 7.89. The summed E-state index contributed by atoms with van der Waals surface area (Å²) in [5.41, 5.74) is 1.36. The number of hydrogen-bond acceptors (Lipinski definition) is 4. The molecule has 1 aliphatic rings. The first-order chi connectivity index (χ1) is 13.0. The molecular weight excluding hydrogens is 362 g/mol. The fraction of sp³-hybridized carbons (Fsp3) is 0.632. The number of rotatable bonds is 9. The van der Waals surface area contributed by atoms with E-state index in [2.05, 4.69) is 55.6 Å². The number of piperidine rings is 1. The van der Waals surface area contributed by atoms with Gasteiger partial charge in [0.25, 0.3) is 0 Å². The van der Waals surface area contributed by atoms with Gasteiger partial charge in [0.2, 0.25) is 10.0 Å². The molecule has 1 saturated heterocycles. The first kappa shape index (κ1) is 21.7. The Morgan fingerprint density at radius 1 is 1.19 bits per heavy atom. The highest BCUT2D eigenvalue weighted by Crippen LogP contribution is 2.13. The lowest BCUT2D eigenvalue weighted by Gasteiger charge is -2.33. The van der Waals surface area contributed by atoms with Crippen molar-refractivity contribution in [2.75, 3.05) is 39.0 Å². The van der Waals surface area contributed by atoms with Gasteiger partial charge < -0.3 is 10.6 Å². The van der Waals surface area contributed by atoms with Gasteiger partial charge in [0.1, 0.15) is 0 Å². The number of sulfonamides is 1. The zero-order chi connectivity index (χ0) is 19.5. The van der Waals surface area contributed by atoms with E-state index in [0.717, 1.165) is 44.9 Å². The van der Waals surface area contributed by atoms with Gasteiger partial charge in [-0.1, -0.05) is 30.3 Å². The fourth-order valence-electron chi connectivity index (χ4n) is 3.09. The van der Waals surface area contributed by atoms with E-state index in [0.29, 0.717) is 19.1 Å². The zero-order valence-corrected chi connectivity index (χ0v) is 17.3. The molecule has 0 spiro atoms. The Morgan fingerprint density at radius 2 is 1.89 bits per heavy atom. The van der Waals surface area contributed by atoms with Gasteiger partial charge in [-0.2, -0.15) is 0 Å². The monoisotopic (exact) mass is 395 g/mol. The van der Waals surface area contributed by atoms with Crippen LogP contribution in [0.2, 0.25) is 0 Å². The molecule has 27 heavy (non-hydrogen) atoms. The van der Waals surface area contributed by atoms with Crippen LogP contribution in [0.3, 0.4) is 0 Å². The predicted molar refractivity (Wildman–Crippen MR) is 111 cm³/mol. The summed E-state index contributed by atoms with van der Waals surface area (Å²) >= 11 is 0. The van der Waals surface area contributed by atoms with Gasteiger partial charge in [0.05, 0.1) is 5.75 Å². The maximum Gasteiger partial charge on any atom is 0.211 e. The number of likely N-dealkylation sites (tertiary alicyclic amines) is 1. The highest BCUT2D eigenvalue weighted by Gasteiger charge is 2.19. The molecule has 1 aromatic carbocycles. The van der Waals surface area contributed by atoms with Crippen molar-refractivity contribution in [2.45, 2.75) is 38.8 Å². The van der Waals surface area contributed by atoms with Gasteiger partial charge >= 0.3 is 0 Å². The smallest absolute Gasteiger partial charge is 0.211 e. The number of nitrogens with one attached hydrogen (secondary N) is 3. The lowest BCUT2D eigenvalue weighted by molar-refractivity contribution is 0.198. The van der Waals surface area contributed by atoms with E-state index in [-0.39, 0.29) is 5.75 Å². The molecule has 1 aliphatic heterocycles. The normalized spacial score (nSPS) is 17.0. The van der Waals surface area contributed by atoms with Crippen LogP contribution in [-0.2, 0) is 16.6 Å². The third kappa shape index (κ3) is 8.28. The Kier molecular flexibility index (Phi) is 9.03. The second-order valence-corrected chi connectivity index (χ2v) is 8.93. The van der Waals surface area contributed by atoms with Gasteiger partial charge in [0, 0.05) is 45.8 Å². The van der Waals surface area contributed by atoms with Crippen LogP contribution >= 0.6 is 0 Å². The third-order valence-electron chi connectivity index (χ3n) is 4.75. The average molecular weight is 396 g/mol. The van der Waals surface area contributed by atoms with Crippen LogP contribution in [0.4, 0.5) is 0 Å². The molecule has 0 saturated carbocycles. The third-order valence-corrected chi connectivity index (χ3v) is 6.15. The summed E-state index contributed by atoms with van der Waals surface area (Å²) in [5, 5.41) is 6.74. The Balaban J connectivity index is 1.63. The minimum absolute atomic E-state index is 0.118. The predicted octanol–water partition coefficient (Wildman–Crippen LogP) is 1.15. The number of benzene rings is 1. The molecule has 7 nitrogen and oxygen atoms in total. The van der Waals surface area contributed by atoms with Gasteiger partial charge in [-0.15, -0.1) is 0 Å². The summed E-state index contributed by atoms with van der Waals surface area (Å²) in [4.78, 5) is 6.76. The molecule has 152 valence electrons. The molecule has 2 rings (SSSR count). The molecule has 0 bridgehead atoms. The Bertz CT molecular complexity index is 671. The molecule has 0 radical (unpaired) electrons. The van der Waals surface area contributed by atoms with E-state index in [4.69, 9.17) is 0 Å². The van der Waals surface area contributed by atoms with Crippen molar-refractivity contribution in [3.05, 3.63) is 35.9 Å². The molecule has 3 N–H and O–H groups in total. The topological polar surface area (TPSA) is 85.8 Å². The van der Waals surface area contributed by atoms with Gasteiger partial charge in [-0.3, -0.25) is 9.89 Å². The molecule has 0 aromatic heterocycles. The van der Waals surface area contributed by atoms with E-state index in [1.807, 2.05) is 0 Å². The first-order valence-electron chi connectivity index (χ1n) is 9.73. The summed E-state index contributed by atoms with van der Waals surface area (Å²) in [6.07, 6.45) is 2.89. The van der Waals surface area contributed by atoms with E-state index in [1.54, 1.807) is 14.0 Å². The zero-order valence-electron chi connectivity index (χ0n) is 16.4. The average Bonchev–Trinajstić information content (AvgIpc) is 2.69. The lowest BCUT2D eigenvalue weighted by Crippen LogP contribution is -2.48. The van der Waals surface area contributed by atoms with E-state index < -0.39 is 10.0 Å². The molecule has 1 aromatic rings. The van der Waals surface area contributed by atoms with E-state index in [9.17, 15) is 8.42 Å². The number of hydrogen-bond donors (Lipinski definition) is 3. The Morgan fingerprint density at radius 3 is 2.52 bits per heavy atom. The van der Waals surface area contributed by atoms with E-state index in [1.165, 1.54) is 5.56 Å². The minimum atomic E-state index is -3.10. The van der Waals surface area contributed by atoms with Gasteiger partial charge in [-0.05, 0) is 31.7 Å². The van der Waals surface area contributed by atoms with Crippen LogP contribution in [0, 0.1) is 0 Å². The van der Waals surface area contributed by atoms with Crippen molar-refractivity contribution in [1.82, 2.24) is 20.3 Å². The van der Waals surface area contributed by atoms with Gasteiger partial charge in [-0.25, -0.2) is 13.1 Å². The molecule has 1 fully saturated rings. The maximum atomic E-state index is 11.4. The molecular formula is C19H33N5O2S. The summed E-state index contributed by atoms with van der Waals surface area (Å²) < 4.78 is 25.3. The summed E-state index contributed by atoms with van der Waals surface area (Å²) in [6.45, 7) is 5.91. The van der Waals surface area contributed by atoms with Crippen molar-refractivity contribution < 1.29 is 8.42 Å². The van der Waals surface area contributed by atoms with Crippen molar-refractivity contribution >= 4 is 16.0 Å². The molecule has 0 amide bonds. The van der Waals surface area contributed by atoms with Crippen molar-refractivity contribution in [3.8, 4) is 0 Å². The number of guanidine groups is 1. The second kappa shape index (κ2) is 11.3. The van der Waals surface area contributed by atoms with Crippen LogP contribution in [0.1, 0.15) is 31.7 Å². The van der Waals surface area contributed by atoms with Crippen molar-refractivity contribution in [3.63, 3.8) is 0 Å². The first-order valence-corrected chi connectivity index (χ1v) is 11.4. The maximum absolute atomic E-state index is 11.4. The number of aliphatic imine (C=N–C) groups is 1. The summed E-state index contributed by atoms with van der Waals surface area (Å²) in [6, 6.07) is 11.0. The molecule has 0 atom stereocenters. The van der Waals surface area contributed by atoms with Crippen LogP contribution in [0.15, 0.2) is 35.3 Å².